The molecule has 2 aliphatic rings. The van der Waals surface area contributed by atoms with Crippen molar-refractivity contribution in [2.24, 2.45) is 5.92 Å². The third-order valence-corrected chi connectivity index (χ3v) is 5.54. The van der Waals surface area contributed by atoms with E-state index in [2.05, 4.69) is 22.9 Å². The van der Waals surface area contributed by atoms with Crippen LogP contribution in [-0.4, -0.2) is 52.8 Å². The van der Waals surface area contributed by atoms with Crippen molar-refractivity contribution in [1.29, 1.82) is 0 Å². The van der Waals surface area contributed by atoms with Crippen molar-refractivity contribution in [3.8, 4) is 0 Å². The molecule has 1 spiro atoms. The first-order valence-electron chi connectivity index (χ1n) is 9.70. The molecule has 0 unspecified atom stereocenters. The molecule has 0 radical (unpaired) electrons. The van der Waals surface area contributed by atoms with Crippen LogP contribution in [0.15, 0.2) is 24.3 Å². The minimum atomic E-state index is -0.863. The van der Waals surface area contributed by atoms with E-state index < -0.39 is 22.4 Å². The second kappa shape index (κ2) is 8.46. The zero-order chi connectivity index (χ0) is 21.0. The average Bonchev–Trinajstić information content (AvgIpc) is 2.92. The van der Waals surface area contributed by atoms with Gasteiger partial charge in [0.2, 0.25) is 5.91 Å². The fourth-order valence-corrected chi connectivity index (χ4v) is 3.79. The zero-order valence-corrected chi connectivity index (χ0v) is 16.3. The highest BCUT2D eigenvalue weighted by atomic mass is 16.6. The van der Waals surface area contributed by atoms with Crippen LogP contribution in [0.2, 0.25) is 0 Å². The van der Waals surface area contributed by atoms with Crippen molar-refractivity contribution in [3.05, 3.63) is 34.4 Å². The number of benzene rings is 1. The van der Waals surface area contributed by atoms with Gasteiger partial charge in [0.05, 0.1) is 4.92 Å². The lowest BCUT2D eigenvalue weighted by Gasteiger charge is -2.33. The maximum absolute atomic E-state index is 12.7. The Hall–Kier alpha value is -3.17. The molecule has 10 heteroatoms. The summed E-state index contributed by atoms with van der Waals surface area (Å²) in [6, 6.07) is 5.69. The smallest absolute Gasteiger partial charge is 0.325 e. The number of para-hydroxylation sites is 2. The first-order chi connectivity index (χ1) is 13.8. The Kier molecular flexibility index (Phi) is 6.00. The van der Waals surface area contributed by atoms with Gasteiger partial charge in [0, 0.05) is 19.2 Å². The summed E-state index contributed by atoms with van der Waals surface area (Å²) in [5.41, 5.74) is -0.558. The molecule has 156 valence electrons. The summed E-state index contributed by atoms with van der Waals surface area (Å²) >= 11 is 0. The Morgan fingerprint density at radius 1 is 1.28 bits per heavy atom. The summed E-state index contributed by atoms with van der Waals surface area (Å²) in [5, 5.41) is 19.3. The predicted molar refractivity (Wildman–Crippen MR) is 105 cm³/mol. The molecule has 1 aromatic carbocycles. The van der Waals surface area contributed by atoms with Crippen LogP contribution in [0.1, 0.15) is 32.6 Å². The van der Waals surface area contributed by atoms with E-state index in [0.29, 0.717) is 24.4 Å². The molecule has 1 aliphatic carbocycles. The van der Waals surface area contributed by atoms with E-state index in [9.17, 15) is 24.5 Å². The van der Waals surface area contributed by atoms with Crippen LogP contribution in [0.25, 0.3) is 0 Å². The van der Waals surface area contributed by atoms with Gasteiger partial charge in [-0.25, -0.2) is 4.79 Å². The van der Waals surface area contributed by atoms with Crippen LogP contribution in [0.4, 0.5) is 16.2 Å². The van der Waals surface area contributed by atoms with Crippen molar-refractivity contribution >= 4 is 29.2 Å². The standard InChI is InChI=1S/C19H25N5O5/c1-13-6-8-19(9-7-13)17(26)23(18(27)22-19)12-16(25)21-11-10-20-14-4-2-3-5-15(14)24(28)29/h2-5,13,20H,6-12H2,1H3,(H,21,25)(H,22,27). The maximum Gasteiger partial charge on any atom is 0.325 e. The van der Waals surface area contributed by atoms with Gasteiger partial charge in [-0.05, 0) is 37.7 Å². The highest BCUT2D eigenvalue weighted by Crippen LogP contribution is 2.36. The number of hydrogen-bond acceptors (Lipinski definition) is 6. The van der Waals surface area contributed by atoms with E-state index in [0.717, 1.165) is 17.7 Å². The second-order valence-corrected chi connectivity index (χ2v) is 7.64. The molecule has 3 N–H and O–H groups in total. The number of amides is 4. The molecule has 3 rings (SSSR count). The minimum absolute atomic E-state index is 0.0507. The largest absolute Gasteiger partial charge is 0.378 e. The molecule has 1 aliphatic heterocycles. The number of nitrogens with zero attached hydrogens (tertiary/aromatic N) is 2. The zero-order valence-electron chi connectivity index (χ0n) is 16.3. The van der Waals surface area contributed by atoms with E-state index in [1.807, 2.05) is 0 Å². The number of anilines is 1. The van der Waals surface area contributed by atoms with Crippen LogP contribution < -0.4 is 16.0 Å². The molecule has 1 saturated carbocycles. The summed E-state index contributed by atoms with van der Waals surface area (Å²) in [6.45, 7) is 2.24. The second-order valence-electron chi connectivity index (χ2n) is 7.64. The number of carbonyl (C=O) groups excluding carboxylic acids is 3. The minimum Gasteiger partial charge on any atom is -0.378 e. The van der Waals surface area contributed by atoms with E-state index in [-0.39, 0.29) is 31.2 Å². The maximum atomic E-state index is 12.7. The van der Waals surface area contributed by atoms with Crippen molar-refractivity contribution in [1.82, 2.24) is 15.5 Å². The Labute approximate surface area is 168 Å². The Balaban J connectivity index is 1.47. The molecule has 1 heterocycles. The van der Waals surface area contributed by atoms with Crippen LogP contribution in [-0.2, 0) is 9.59 Å². The Morgan fingerprint density at radius 2 is 1.97 bits per heavy atom. The predicted octanol–water partition coefficient (Wildman–Crippen LogP) is 1.62. The highest BCUT2D eigenvalue weighted by Gasteiger charge is 2.52. The Morgan fingerprint density at radius 3 is 2.66 bits per heavy atom. The third-order valence-electron chi connectivity index (χ3n) is 5.54. The van der Waals surface area contributed by atoms with Gasteiger partial charge in [0.15, 0.2) is 0 Å². The lowest BCUT2D eigenvalue weighted by Crippen LogP contribution is -2.50. The van der Waals surface area contributed by atoms with Gasteiger partial charge in [0.25, 0.3) is 11.6 Å². The summed E-state index contributed by atoms with van der Waals surface area (Å²) in [5.74, 6) is -0.266. The first kappa shape index (κ1) is 20.6. The fraction of sp³-hybridized carbons (Fsp3) is 0.526. The number of hydrogen-bond donors (Lipinski definition) is 3. The normalized spacial score (nSPS) is 23.8. The quantitative estimate of drug-likeness (QED) is 0.274. The third kappa shape index (κ3) is 4.47. The molecular formula is C19H25N5O5. The monoisotopic (exact) mass is 403 g/mol. The number of nitro benzene ring substituents is 1. The summed E-state index contributed by atoms with van der Waals surface area (Å²) in [7, 11) is 0. The van der Waals surface area contributed by atoms with Gasteiger partial charge in [0.1, 0.15) is 17.8 Å². The Bertz CT molecular complexity index is 819. The molecule has 4 amide bonds. The lowest BCUT2D eigenvalue weighted by atomic mass is 9.77. The van der Waals surface area contributed by atoms with E-state index >= 15 is 0 Å². The number of carbonyl (C=O) groups is 3. The molecule has 1 aromatic rings. The van der Waals surface area contributed by atoms with Crippen LogP contribution in [0.3, 0.4) is 0 Å². The summed E-state index contributed by atoms with van der Waals surface area (Å²) in [6.07, 6.45) is 2.92. The molecule has 1 saturated heterocycles. The number of urea groups is 1. The molecule has 0 aromatic heterocycles. The van der Waals surface area contributed by atoms with Gasteiger partial charge >= 0.3 is 6.03 Å². The summed E-state index contributed by atoms with van der Waals surface area (Å²) in [4.78, 5) is 48.6. The van der Waals surface area contributed by atoms with Crippen molar-refractivity contribution in [3.63, 3.8) is 0 Å². The van der Waals surface area contributed by atoms with Crippen LogP contribution in [0.5, 0.6) is 0 Å². The molecular weight excluding hydrogens is 378 g/mol. The molecule has 29 heavy (non-hydrogen) atoms. The molecule has 2 fully saturated rings. The molecule has 10 nitrogen and oxygen atoms in total. The number of imide groups is 1. The fourth-order valence-electron chi connectivity index (χ4n) is 3.79. The first-order valence-corrected chi connectivity index (χ1v) is 9.70. The number of nitro groups is 1. The van der Waals surface area contributed by atoms with Gasteiger partial charge in [-0.1, -0.05) is 19.1 Å². The summed E-state index contributed by atoms with van der Waals surface area (Å²) < 4.78 is 0. The topological polar surface area (TPSA) is 134 Å². The van der Waals surface area contributed by atoms with Crippen molar-refractivity contribution in [2.75, 3.05) is 25.0 Å². The lowest BCUT2D eigenvalue weighted by molar-refractivity contribution is -0.384. The highest BCUT2D eigenvalue weighted by molar-refractivity contribution is 6.09. The number of nitrogens with one attached hydrogen (secondary N) is 3. The number of rotatable bonds is 7. The SMILES string of the molecule is CC1CCC2(CC1)NC(=O)N(CC(=O)NCCNc1ccccc1[N+](=O)[O-])C2=O. The van der Waals surface area contributed by atoms with Gasteiger partial charge in [-0.15, -0.1) is 0 Å². The van der Waals surface area contributed by atoms with Crippen molar-refractivity contribution < 1.29 is 19.3 Å². The van der Waals surface area contributed by atoms with Gasteiger partial charge < -0.3 is 16.0 Å². The average molecular weight is 403 g/mol. The van der Waals surface area contributed by atoms with Crippen molar-refractivity contribution in [2.45, 2.75) is 38.1 Å². The van der Waals surface area contributed by atoms with Crippen LogP contribution in [0, 0.1) is 16.0 Å². The van der Waals surface area contributed by atoms with Crippen LogP contribution >= 0.6 is 0 Å². The van der Waals surface area contributed by atoms with E-state index in [1.165, 1.54) is 6.07 Å². The van der Waals surface area contributed by atoms with Gasteiger partial charge in [-0.3, -0.25) is 24.6 Å². The molecule has 0 atom stereocenters. The van der Waals surface area contributed by atoms with Gasteiger partial charge in [-0.2, -0.15) is 0 Å². The van der Waals surface area contributed by atoms with E-state index in [1.54, 1.807) is 18.2 Å². The molecule has 0 bridgehead atoms. The van der Waals surface area contributed by atoms with E-state index in [4.69, 9.17) is 0 Å².